The molecule has 0 aromatic heterocycles. The van der Waals surface area contributed by atoms with Gasteiger partial charge in [-0.05, 0) is 24.9 Å². The number of nitrogens with zero attached hydrogens (tertiary/aromatic N) is 3. The van der Waals surface area contributed by atoms with E-state index < -0.39 is 4.92 Å². The highest BCUT2D eigenvalue weighted by molar-refractivity contribution is 5.32. The third-order valence-corrected chi connectivity index (χ3v) is 3.24. The lowest BCUT2D eigenvalue weighted by Crippen LogP contribution is -2.34. The zero-order valence-electron chi connectivity index (χ0n) is 10.1. The van der Waals surface area contributed by atoms with Crippen LogP contribution in [0.5, 0.6) is 0 Å². The van der Waals surface area contributed by atoms with Gasteiger partial charge in [-0.25, -0.2) is 0 Å². The maximum absolute atomic E-state index is 10.5. The van der Waals surface area contributed by atoms with Gasteiger partial charge in [-0.15, -0.1) is 0 Å². The molecule has 1 aliphatic rings. The van der Waals surface area contributed by atoms with Gasteiger partial charge in [0.2, 0.25) is 0 Å². The standard InChI is InChI=1S/C13H15N3O2/c14-8-12-2-1-7-15(10-12)9-11-3-5-13(6-4-11)16(17)18/h3-6,12H,1-2,7,9-10H2. The smallest absolute Gasteiger partial charge is 0.269 e. The molecule has 1 heterocycles. The Kier molecular flexibility index (Phi) is 3.90. The quantitative estimate of drug-likeness (QED) is 0.605. The van der Waals surface area contributed by atoms with Crippen LogP contribution in [0, 0.1) is 27.4 Å². The molecule has 0 bridgehead atoms. The predicted octanol–water partition coefficient (Wildman–Crippen LogP) is 2.33. The van der Waals surface area contributed by atoms with Crippen LogP contribution < -0.4 is 0 Å². The number of benzene rings is 1. The van der Waals surface area contributed by atoms with Crippen molar-refractivity contribution in [3.63, 3.8) is 0 Å². The Morgan fingerprint density at radius 3 is 2.78 bits per heavy atom. The number of nitriles is 1. The fraction of sp³-hybridized carbons (Fsp3) is 0.462. The molecule has 1 atom stereocenters. The van der Waals surface area contributed by atoms with Crippen LogP contribution >= 0.6 is 0 Å². The monoisotopic (exact) mass is 245 g/mol. The summed E-state index contributed by atoms with van der Waals surface area (Å²) < 4.78 is 0. The average Bonchev–Trinajstić information content (AvgIpc) is 2.39. The Hall–Kier alpha value is -1.93. The van der Waals surface area contributed by atoms with Gasteiger partial charge in [0.1, 0.15) is 0 Å². The molecule has 0 spiro atoms. The molecule has 1 aromatic rings. The Labute approximate surface area is 106 Å². The third-order valence-electron chi connectivity index (χ3n) is 3.24. The van der Waals surface area contributed by atoms with Crippen LogP contribution in [0.2, 0.25) is 0 Å². The molecule has 0 aliphatic carbocycles. The van der Waals surface area contributed by atoms with Crippen molar-refractivity contribution in [2.45, 2.75) is 19.4 Å². The van der Waals surface area contributed by atoms with Crippen LogP contribution in [0.15, 0.2) is 24.3 Å². The van der Waals surface area contributed by atoms with Crippen molar-refractivity contribution in [2.24, 2.45) is 5.92 Å². The summed E-state index contributed by atoms with van der Waals surface area (Å²) in [5, 5.41) is 19.5. The van der Waals surface area contributed by atoms with E-state index in [2.05, 4.69) is 11.0 Å². The van der Waals surface area contributed by atoms with Gasteiger partial charge in [0, 0.05) is 25.2 Å². The molecule has 94 valence electrons. The first-order valence-corrected chi connectivity index (χ1v) is 6.04. The van der Waals surface area contributed by atoms with Crippen LogP contribution in [0.1, 0.15) is 18.4 Å². The second-order valence-electron chi connectivity index (χ2n) is 4.63. The van der Waals surface area contributed by atoms with E-state index in [1.54, 1.807) is 12.1 Å². The number of rotatable bonds is 3. The highest BCUT2D eigenvalue weighted by atomic mass is 16.6. The summed E-state index contributed by atoms with van der Waals surface area (Å²) >= 11 is 0. The molecule has 1 unspecified atom stereocenters. The highest BCUT2D eigenvalue weighted by Crippen LogP contribution is 2.19. The minimum Gasteiger partial charge on any atom is -0.298 e. The van der Waals surface area contributed by atoms with Crippen LogP contribution in [0.3, 0.4) is 0 Å². The molecule has 0 amide bonds. The zero-order chi connectivity index (χ0) is 13.0. The Morgan fingerprint density at radius 1 is 1.44 bits per heavy atom. The van der Waals surface area contributed by atoms with Crippen molar-refractivity contribution in [1.82, 2.24) is 4.90 Å². The van der Waals surface area contributed by atoms with E-state index >= 15 is 0 Å². The van der Waals surface area contributed by atoms with Gasteiger partial charge in [0.25, 0.3) is 5.69 Å². The third kappa shape index (κ3) is 3.05. The molecule has 1 aromatic carbocycles. The summed E-state index contributed by atoms with van der Waals surface area (Å²) in [7, 11) is 0. The van der Waals surface area contributed by atoms with Gasteiger partial charge in [0.15, 0.2) is 0 Å². The van der Waals surface area contributed by atoms with Crippen LogP contribution in [-0.2, 0) is 6.54 Å². The van der Waals surface area contributed by atoms with E-state index in [0.717, 1.165) is 38.0 Å². The maximum atomic E-state index is 10.5. The topological polar surface area (TPSA) is 70.2 Å². The molecule has 1 saturated heterocycles. The molecular weight excluding hydrogens is 230 g/mol. The number of hydrogen-bond acceptors (Lipinski definition) is 4. The van der Waals surface area contributed by atoms with Gasteiger partial charge >= 0.3 is 0 Å². The highest BCUT2D eigenvalue weighted by Gasteiger charge is 2.19. The summed E-state index contributed by atoms with van der Waals surface area (Å²) in [6.07, 6.45) is 2.03. The number of nitro groups is 1. The SMILES string of the molecule is N#CC1CCCN(Cc2ccc([N+](=O)[O-])cc2)C1. The molecular formula is C13H15N3O2. The van der Waals surface area contributed by atoms with Gasteiger partial charge in [-0.1, -0.05) is 12.1 Å². The second kappa shape index (κ2) is 5.61. The molecule has 2 rings (SSSR count). The van der Waals surface area contributed by atoms with Crippen LogP contribution in [0.25, 0.3) is 0 Å². The minimum atomic E-state index is -0.392. The maximum Gasteiger partial charge on any atom is 0.269 e. The van der Waals surface area contributed by atoms with Gasteiger partial charge in [0.05, 0.1) is 16.9 Å². The number of likely N-dealkylation sites (tertiary alicyclic amines) is 1. The van der Waals surface area contributed by atoms with E-state index in [4.69, 9.17) is 5.26 Å². The van der Waals surface area contributed by atoms with Crippen molar-refractivity contribution in [3.05, 3.63) is 39.9 Å². The van der Waals surface area contributed by atoms with Crippen molar-refractivity contribution >= 4 is 5.69 Å². The molecule has 18 heavy (non-hydrogen) atoms. The van der Waals surface area contributed by atoms with Crippen molar-refractivity contribution in [3.8, 4) is 6.07 Å². The fourth-order valence-electron chi connectivity index (χ4n) is 2.29. The molecule has 0 radical (unpaired) electrons. The first-order chi connectivity index (χ1) is 8.69. The lowest BCUT2D eigenvalue weighted by Gasteiger charge is -2.29. The van der Waals surface area contributed by atoms with Crippen molar-refractivity contribution in [1.29, 1.82) is 5.26 Å². The van der Waals surface area contributed by atoms with Crippen LogP contribution in [0.4, 0.5) is 5.69 Å². The first-order valence-electron chi connectivity index (χ1n) is 6.04. The normalized spacial score (nSPS) is 20.3. The summed E-state index contributed by atoms with van der Waals surface area (Å²) in [5.41, 5.74) is 1.17. The Morgan fingerprint density at radius 2 is 2.17 bits per heavy atom. The molecule has 0 saturated carbocycles. The molecule has 5 heteroatoms. The van der Waals surface area contributed by atoms with E-state index in [1.807, 2.05) is 0 Å². The first kappa shape index (κ1) is 12.5. The zero-order valence-corrected chi connectivity index (χ0v) is 10.1. The van der Waals surface area contributed by atoms with Gasteiger partial charge in [-0.2, -0.15) is 5.26 Å². The second-order valence-corrected chi connectivity index (χ2v) is 4.63. The minimum absolute atomic E-state index is 0.118. The fourth-order valence-corrected chi connectivity index (χ4v) is 2.29. The number of non-ortho nitro benzene ring substituents is 1. The predicted molar refractivity (Wildman–Crippen MR) is 66.7 cm³/mol. The van der Waals surface area contributed by atoms with E-state index in [0.29, 0.717) is 0 Å². The summed E-state index contributed by atoms with van der Waals surface area (Å²) in [4.78, 5) is 12.4. The number of piperidine rings is 1. The van der Waals surface area contributed by atoms with Crippen LogP contribution in [-0.4, -0.2) is 22.9 Å². The van der Waals surface area contributed by atoms with Crippen molar-refractivity contribution in [2.75, 3.05) is 13.1 Å². The molecule has 1 aliphatic heterocycles. The van der Waals surface area contributed by atoms with E-state index in [-0.39, 0.29) is 11.6 Å². The Balaban J connectivity index is 1.97. The largest absolute Gasteiger partial charge is 0.298 e. The van der Waals surface area contributed by atoms with E-state index in [1.165, 1.54) is 12.1 Å². The molecule has 0 N–H and O–H groups in total. The Bertz CT molecular complexity index is 464. The van der Waals surface area contributed by atoms with Gasteiger partial charge < -0.3 is 0 Å². The molecule has 1 fully saturated rings. The number of nitro benzene ring substituents is 1. The van der Waals surface area contributed by atoms with E-state index in [9.17, 15) is 10.1 Å². The summed E-state index contributed by atoms with van der Waals surface area (Å²) in [5.74, 6) is 0.122. The van der Waals surface area contributed by atoms with Crippen molar-refractivity contribution < 1.29 is 4.92 Å². The summed E-state index contributed by atoms with van der Waals surface area (Å²) in [6, 6.07) is 8.94. The lowest BCUT2D eigenvalue weighted by atomic mass is 9.99. The average molecular weight is 245 g/mol. The lowest BCUT2D eigenvalue weighted by molar-refractivity contribution is -0.384. The van der Waals surface area contributed by atoms with Gasteiger partial charge in [-0.3, -0.25) is 15.0 Å². The number of hydrogen-bond donors (Lipinski definition) is 0. The molecule has 5 nitrogen and oxygen atoms in total. The summed E-state index contributed by atoms with van der Waals surface area (Å²) in [6.45, 7) is 2.55.